The zero-order valence-corrected chi connectivity index (χ0v) is 18.9. The zero-order chi connectivity index (χ0) is 18.9. The molecule has 2 N–H and O–H groups in total. The van der Waals surface area contributed by atoms with Gasteiger partial charge in [-0.3, -0.25) is 9.67 Å². The van der Waals surface area contributed by atoms with Crippen LogP contribution >= 0.6 is 35.6 Å². The van der Waals surface area contributed by atoms with Crippen molar-refractivity contribution in [3.8, 4) is 0 Å². The molecular formula is C21H25ClIN5. The predicted molar refractivity (Wildman–Crippen MR) is 127 cm³/mol. The van der Waals surface area contributed by atoms with Gasteiger partial charge in [-0.05, 0) is 41.3 Å². The molecule has 0 aliphatic heterocycles. The van der Waals surface area contributed by atoms with Gasteiger partial charge in [0.25, 0.3) is 0 Å². The van der Waals surface area contributed by atoms with Crippen LogP contribution in [0, 0.1) is 0 Å². The van der Waals surface area contributed by atoms with Crippen molar-refractivity contribution in [1.29, 1.82) is 0 Å². The molecule has 0 atom stereocenters. The van der Waals surface area contributed by atoms with Crippen LogP contribution in [0.5, 0.6) is 0 Å². The molecule has 0 aliphatic rings. The van der Waals surface area contributed by atoms with E-state index >= 15 is 0 Å². The average molecular weight is 510 g/mol. The number of rotatable bonds is 7. The van der Waals surface area contributed by atoms with Gasteiger partial charge in [-0.2, -0.15) is 5.10 Å². The Bertz CT molecular complexity index is 880. The first-order chi connectivity index (χ1) is 13.2. The first-order valence-electron chi connectivity index (χ1n) is 8.97. The number of hydrogen-bond donors (Lipinski definition) is 2. The Morgan fingerprint density at radius 3 is 2.57 bits per heavy atom. The Morgan fingerprint density at radius 2 is 1.82 bits per heavy atom. The molecule has 3 rings (SSSR count). The molecule has 7 heteroatoms. The summed E-state index contributed by atoms with van der Waals surface area (Å²) >= 11 is 6.03. The zero-order valence-electron chi connectivity index (χ0n) is 15.8. The number of benzene rings is 2. The van der Waals surface area contributed by atoms with Crippen molar-refractivity contribution in [2.24, 2.45) is 4.99 Å². The third-order valence-electron chi connectivity index (χ3n) is 4.17. The van der Waals surface area contributed by atoms with E-state index in [1.165, 1.54) is 16.7 Å². The molecule has 0 radical (unpaired) electrons. The first kappa shape index (κ1) is 22.2. The number of hydrogen-bond acceptors (Lipinski definition) is 2. The molecule has 0 saturated heterocycles. The topological polar surface area (TPSA) is 54.2 Å². The van der Waals surface area contributed by atoms with Gasteiger partial charge in [-0.25, -0.2) is 0 Å². The Balaban J connectivity index is 0.00000280. The summed E-state index contributed by atoms with van der Waals surface area (Å²) in [5.41, 5.74) is 3.64. The van der Waals surface area contributed by atoms with Crippen LogP contribution < -0.4 is 10.6 Å². The van der Waals surface area contributed by atoms with Crippen molar-refractivity contribution in [3.05, 3.63) is 88.7 Å². The second-order valence-electron chi connectivity index (χ2n) is 6.26. The lowest BCUT2D eigenvalue weighted by atomic mass is 10.1. The number of guanidine groups is 1. The first-order valence-corrected chi connectivity index (χ1v) is 9.35. The minimum atomic E-state index is 0. The minimum Gasteiger partial charge on any atom is -0.356 e. The van der Waals surface area contributed by atoms with Crippen molar-refractivity contribution in [2.75, 3.05) is 13.6 Å². The quantitative estimate of drug-likeness (QED) is 0.286. The lowest BCUT2D eigenvalue weighted by Crippen LogP contribution is -2.37. The summed E-state index contributed by atoms with van der Waals surface area (Å²) in [6.45, 7) is 2.27. The van der Waals surface area contributed by atoms with Gasteiger partial charge in [0.05, 0.1) is 6.54 Å². The van der Waals surface area contributed by atoms with Crippen LogP contribution in [0.25, 0.3) is 0 Å². The lowest BCUT2D eigenvalue weighted by Gasteiger charge is -2.13. The molecule has 0 bridgehead atoms. The Morgan fingerprint density at radius 1 is 1.04 bits per heavy atom. The fraction of sp³-hybridized carbons (Fsp3) is 0.238. The van der Waals surface area contributed by atoms with Crippen molar-refractivity contribution < 1.29 is 0 Å². The number of aromatic nitrogens is 2. The largest absolute Gasteiger partial charge is 0.356 e. The van der Waals surface area contributed by atoms with E-state index < -0.39 is 0 Å². The summed E-state index contributed by atoms with van der Waals surface area (Å²) in [6.07, 6.45) is 4.65. The number of nitrogens with zero attached hydrogens (tertiary/aromatic N) is 3. The summed E-state index contributed by atoms with van der Waals surface area (Å²) in [7, 11) is 1.78. The van der Waals surface area contributed by atoms with E-state index in [0.29, 0.717) is 6.54 Å². The minimum absolute atomic E-state index is 0. The van der Waals surface area contributed by atoms with E-state index in [1.807, 2.05) is 35.1 Å². The summed E-state index contributed by atoms with van der Waals surface area (Å²) in [5.74, 6) is 0.787. The van der Waals surface area contributed by atoms with E-state index in [-0.39, 0.29) is 24.0 Å². The highest BCUT2D eigenvalue weighted by Crippen LogP contribution is 2.10. The van der Waals surface area contributed by atoms with Gasteiger partial charge >= 0.3 is 0 Å². The van der Waals surface area contributed by atoms with Crippen LogP contribution in [0.4, 0.5) is 0 Å². The second kappa shape index (κ2) is 11.7. The molecule has 0 unspecified atom stereocenters. The summed E-state index contributed by atoms with van der Waals surface area (Å²) < 4.78 is 1.92. The SMILES string of the molecule is CN=C(NCCc1cccc(Cl)c1)NCc1cccc(Cn2cccn2)c1.I. The molecule has 0 spiro atoms. The van der Waals surface area contributed by atoms with Gasteiger partial charge in [0, 0.05) is 37.6 Å². The van der Waals surface area contributed by atoms with E-state index in [0.717, 1.165) is 30.5 Å². The van der Waals surface area contributed by atoms with E-state index in [1.54, 1.807) is 13.2 Å². The standard InChI is InChI=1S/C21H24ClN5.HI/c1-23-21(24-11-9-17-5-3-8-20(22)14-17)25-15-18-6-2-7-19(13-18)16-27-12-4-10-26-27;/h2-8,10,12-14H,9,11,15-16H2,1H3,(H2,23,24,25);1H. The van der Waals surface area contributed by atoms with Crippen molar-refractivity contribution >= 4 is 41.5 Å². The number of halogens is 2. The van der Waals surface area contributed by atoms with Crippen molar-refractivity contribution in [1.82, 2.24) is 20.4 Å². The van der Waals surface area contributed by atoms with Crippen LogP contribution in [0.2, 0.25) is 5.02 Å². The van der Waals surface area contributed by atoms with Crippen molar-refractivity contribution in [3.63, 3.8) is 0 Å². The molecule has 1 aromatic heterocycles. The monoisotopic (exact) mass is 509 g/mol. The number of aliphatic imine (C=N–C) groups is 1. The van der Waals surface area contributed by atoms with Gasteiger partial charge in [0.2, 0.25) is 0 Å². The third-order valence-corrected chi connectivity index (χ3v) is 4.41. The maximum Gasteiger partial charge on any atom is 0.191 e. The molecule has 1 heterocycles. The van der Waals surface area contributed by atoms with Crippen molar-refractivity contribution in [2.45, 2.75) is 19.5 Å². The molecule has 0 amide bonds. The van der Waals surface area contributed by atoms with Gasteiger partial charge in [-0.15, -0.1) is 24.0 Å². The van der Waals surface area contributed by atoms with Gasteiger partial charge in [0.1, 0.15) is 0 Å². The maximum absolute atomic E-state index is 6.03. The van der Waals surface area contributed by atoms with Crippen LogP contribution in [-0.4, -0.2) is 29.3 Å². The molecule has 5 nitrogen and oxygen atoms in total. The van der Waals surface area contributed by atoms with E-state index in [4.69, 9.17) is 11.6 Å². The molecule has 28 heavy (non-hydrogen) atoms. The maximum atomic E-state index is 6.03. The molecule has 0 fully saturated rings. The third kappa shape index (κ3) is 7.16. The van der Waals surface area contributed by atoms with Crippen LogP contribution in [-0.2, 0) is 19.5 Å². The molecule has 3 aromatic rings. The number of nitrogens with one attached hydrogen (secondary N) is 2. The van der Waals surface area contributed by atoms with Gasteiger partial charge in [-0.1, -0.05) is 48.0 Å². The molecule has 2 aromatic carbocycles. The Kier molecular flexibility index (Phi) is 9.30. The Labute approximate surface area is 188 Å². The summed E-state index contributed by atoms with van der Waals surface area (Å²) in [4.78, 5) is 4.29. The summed E-state index contributed by atoms with van der Waals surface area (Å²) in [6, 6.07) is 18.4. The predicted octanol–water partition coefficient (Wildman–Crippen LogP) is 4.11. The van der Waals surface area contributed by atoms with Crippen LogP contribution in [0.3, 0.4) is 0 Å². The normalized spacial score (nSPS) is 11.0. The van der Waals surface area contributed by atoms with E-state index in [9.17, 15) is 0 Å². The fourth-order valence-corrected chi connectivity index (χ4v) is 3.06. The molecule has 0 saturated carbocycles. The van der Waals surface area contributed by atoms with Crippen LogP contribution in [0.1, 0.15) is 16.7 Å². The Hall–Kier alpha value is -2.06. The molecule has 148 valence electrons. The highest BCUT2D eigenvalue weighted by molar-refractivity contribution is 14.0. The van der Waals surface area contributed by atoms with Gasteiger partial charge in [0.15, 0.2) is 5.96 Å². The molecule has 0 aliphatic carbocycles. The average Bonchev–Trinajstić information content (AvgIpc) is 3.18. The molecular weight excluding hydrogens is 485 g/mol. The van der Waals surface area contributed by atoms with Crippen LogP contribution in [0.15, 0.2) is 72.0 Å². The van der Waals surface area contributed by atoms with E-state index in [2.05, 4.69) is 51.1 Å². The summed E-state index contributed by atoms with van der Waals surface area (Å²) in [5, 5.41) is 11.7. The fourth-order valence-electron chi connectivity index (χ4n) is 2.84. The smallest absolute Gasteiger partial charge is 0.191 e. The van der Waals surface area contributed by atoms with Gasteiger partial charge < -0.3 is 10.6 Å². The lowest BCUT2D eigenvalue weighted by molar-refractivity contribution is 0.685. The highest BCUT2D eigenvalue weighted by Gasteiger charge is 2.01. The second-order valence-corrected chi connectivity index (χ2v) is 6.69. The highest BCUT2D eigenvalue weighted by atomic mass is 127.